The van der Waals surface area contributed by atoms with Gasteiger partial charge in [0.05, 0.1) is 5.75 Å². The molecule has 0 bridgehead atoms. The predicted octanol–water partition coefficient (Wildman–Crippen LogP) is 1.76. The molecule has 1 atom stereocenters. The number of amides is 1. The van der Waals surface area contributed by atoms with Crippen molar-refractivity contribution in [1.29, 1.82) is 0 Å². The summed E-state index contributed by atoms with van der Waals surface area (Å²) in [4.78, 5) is 13.9. The van der Waals surface area contributed by atoms with Gasteiger partial charge in [0.2, 0.25) is 15.9 Å². The maximum absolute atomic E-state index is 12.2. The third-order valence-electron chi connectivity index (χ3n) is 3.86. The second kappa shape index (κ2) is 5.77. The van der Waals surface area contributed by atoms with Crippen LogP contribution in [0.25, 0.3) is 0 Å². The van der Waals surface area contributed by atoms with Crippen molar-refractivity contribution >= 4 is 21.6 Å². The first-order chi connectivity index (χ1) is 9.67. The highest BCUT2D eigenvalue weighted by Crippen LogP contribution is 2.31. The third kappa shape index (κ3) is 3.83. The van der Waals surface area contributed by atoms with E-state index in [9.17, 15) is 13.2 Å². The van der Waals surface area contributed by atoms with Crippen LogP contribution >= 0.6 is 0 Å². The number of carbonyl (C=O) groups excluding carboxylic acids is 1. The maximum Gasteiger partial charge on any atom is 0.227 e. The van der Waals surface area contributed by atoms with E-state index in [1.165, 1.54) is 5.56 Å². The summed E-state index contributed by atoms with van der Waals surface area (Å²) in [6.07, 6.45) is 0.238. The van der Waals surface area contributed by atoms with Crippen molar-refractivity contribution < 1.29 is 13.2 Å². The van der Waals surface area contributed by atoms with Gasteiger partial charge in [0, 0.05) is 24.6 Å². The molecule has 1 saturated heterocycles. The molecular formula is C15H22N2O3S. The number of hydrogen-bond acceptors (Lipinski definition) is 3. The van der Waals surface area contributed by atoms with Crippen molar-refractivity contribution in [2.45, 2.75) is 33.1 Å². The van der Waals surface area contributed by atoms with Crippen LogP contribution in [0.1, 0.15) is 37.3 Å². The molecule has 1 aliphatic rings. The Bertz CT molecular complexity index is 653. The molecule has 0 saturated carbocycles. The van der Waals surface area contributed by atoms with Crippen LogP contribution < -0.4 is 10.0 Å². The third-order valence-corrected chi connectivity index (χ3v) is 4.80. The monoisotopic (exact) mass is 310 g/mol. The number of nitrogens with zero attached hydrogens (tertiary/aromatic N) is 1. The number of primary sulfonamides is 1. The summed E-state index contributed by atoms with van der Waals surface area (Å²) in [6, 6.07) is 6.09. The van der Waals surface area contributed by atoms with Gasteiger partial charge < -0.3 is 4.90 Å². The molecule has 1 heterocycles. The Morgan fingerprint density at radius 2 is 2.05 bits per heavy atom. The standard InChI is InChI=1S/C15H22N2O3S/c1-10(2)13-5-4-11(3)14(7-13)17-8-12(6-15(17)18)9-21(16,19)20/h4-5,7,10,12H,6,8-9H2,1-3H3,(H2,16,19,20). The van der Waals surface area contributed by atoms with E-state index in [0.717, 1.165) is 11.3 Å². The van der Waals surface area contributed by atoms with E-state index in [1.807, 2.05) is 19.1 Å². The fourth-order valence-corrected chi connectivity index (χ4v) is 3.61. The molecule has 0 aromatic heterocycles. The number of nitrogens with two attached hydrogens (primary N) is 1. The van der Waals surface area contributed by atoms with Gasteiger partial charge in [0.25, 0.3) is 0 Å². The van der Waals surface area contributed by atoms with Crippen molar-refractivity contribution in [3.63, 3.8) is 0 Å². The van der Waals surface area contributed by atoms with Gasteiger partial charge in [-0.3, -0.25) is 4.79 Å². The van der Waals surface area contributed by atoms with Gasteiger partial charge in [0.1, 0.15) is 0 Å². The fourth-order valence-electron chi connectivity index (χ4n) is 2.73. The average molecular weight is 310 g/mol. The largest absolute Gasteiger partial charge is 0.312 e. The lowest BCUT2D eigenvalue weighted by atomic mass is 10.0. The van der Waals surface area contributed by atoms with Crippen LogP contribution in [-0.4, -0.2) is 26.6 Å². The Hall–Kier alpha value is -1.40. The summed E-state index contributed by atoms with van der Waals surface area (Å²) in [5, 5.41) is 5.08. The first kappa shape index (κ1) is 16.0. The van der Waals surface area contributed by atoms with E-state index < -0.39 is 10.0 Å². The lowest BCUT2D eigenvalue weighted by Gasteiger charge is -2.21. The summed E-state index contributed by atoms with van der Waals surface area (Å²) in [5.41, 5.74) is 3.06. The molecule has 0 spiro atoms. The highest BCUT2D eigenvalue weighted by Gasteiger charge is 2.33. The first-order valence-electron chi connectivity index (χ1n) is 7.08. The van der Waals surface area contributed by atoms with Crippen molar-refractivity contribution in [3.05, 3.63) is 29.3 Å². The minimum Gasteiger partial charge on any atom is -0.312 e. The Kier molecular flexibility index (Phi) is 4.39. The molecule has 2 N–H and O–H groups in total. The van der Waals surface area contributed by atoms with Gasteiger partial charge in [-0.2, -0.15) is 0 Å². The van der Waals surface area contributed by atoms with E-state index in [0.29, 0.717) is 12.5 Å². The minimum atomic E-state index is -3.55. The van der Waals surface area contributed by atoms with Crippen molar-refractivity contribution in [2.75, 3.05) is 17.2 Å². The summed E-state index contributed by atoms with van der Waals surface area (Å²) in [5.74, 6) is -0.0254. The van der Waals surface area contributed by atoms with Crippen LogP contribution in [0.5, 0.6) is 0 Å². The second-order valence-electron chi connectivity index (χ2n) is 6.10. The molecule has 0 radical (unpaired) electrons. The molecule has 116 valence electrons. The zero-order valence-corrected chi connectivity index (χ0v) is 13.5. The van der Waals surface area contributed by atoms with E-state index in [1.54, 1.807) is 4.90 Å². The molecule has 1 aromatic rings. The van der Waals surface area contributed by atoms with Crippen LogP contribution in [-0.2, 0) is 14.8 Å². The second-order valence-corrected chi connectivity index (χ2v) is 7.76. The molecule has 1 aromatic carbocycles. The average Bonchev–Trinajstić information content (AvgIpc) is 2.67. The molecular weight excluding hydrogens is 288 g/mol. The molecule has 1 fully saturated rings. The number of carbonyl (C=O) groups is 1. The van der Waals surface area contributed by atoms with Crippen LogP contribution in [0.4, 0.5) is 5.69 Å². The molecule has 5 nitrogen and oxygen atoms in total. The highest BCUT2D eigenvalue weighted by molar-refractivity contribution is 7.89. The maximum atomic E-state index is 12.2. The van der Waals surface area contributed by atoms with Crippen molar-refractivity contribution in [3.8, 4) is 0 Å². The van der Waals surface area contributed by atoms with Crippen LogP contribution in [0, 0.1) is 12.8 Å². The lowest BCUT2D eigenvalue weighted by molar-refractivity contribution is -0.117. The van der Waals surface area contributed by atoms with Gasteiger partial charge >= 0.3 is 0 Å². The summed E-state index contributed by atoms with van der Waals surface area (Å²) < 4.78 is 22.4. The quantitative estimate of drug-likeness (QED) is 0.920. The molecule has 0 aliphatic carbocycles. The molecule has 1 amide bonds. The van der Waals surface area contributed by atoms with Gasteiger partial charge in [-0.15, -0.1) is 0 Å². The van der Waals surface area contributed by atoms with E-state index in [-0.39, 0.29) is 24.0 Å². The molecule has 2 rings (SSSR count). The fraction of sp³-hybridized carbons (Fsp3) is 0.533. The Labute approximate surface area is 126 Å². The van der Waals surface area contributed by atoms with Crippen molar-refractivity contribution in [1.82, 2.24) is 0 Å². The molecule has 1 unspecified atom stereocenters. The summed E-state index contributed by atoms with van der Waals surface area (Å²) >= 11 is 0. The molecule has 1 aliphatic heterocycles. The number of rotatable bonds is 4. The highest BCUT2D eigenvalue weighted by atomic mass is 32.2. The van der Waals surface area contributed by atoms with E-state index in [2.05, 4.69) is 19.9 Å². The SMILES string of the molecule is Cc1ccc(C(C)C)cc1N1CC(CS(N)(=O)=O)CC1=O. The van der Waals surface area contributed by atoms with Crippen LogP contribution in [0.3, 0.4) is 0 Å². The predicted molar refractivity (Wildman–Crippen MR) is 83.7 cm³/mol. The zero-order chi connectivity index (χ0) is 15.8. The number of anilines is 1. The Morgan fingerprint density at radius 1 is 1.38 bits per heavy atom. The Morgan fingerprint density at radius 3 is 2.62 bits per heavy atom. The Balaban J connectivity index is 2.26. The zero-order valence-electron chi connectivity index (χ0n) is 12.7. The lowest BCUT2D eigenvalue weighted by Crippen LogP contribution is -2.28. The van der Waals surface area contributed by atoms with Gasteiger partial charge in [-0.05, 0) is 30.0 Å². The minimum absolute atomic E-state index is 0.0346. The van der Waals surface area contributed by atoms with Gasteiger partial charge in [0.15, 0.2) is 0 Å². The van der Waals surface area contributed by atoms with Gasteiger partial charge in [-0.1, -0.05) is 26.0 Å². The van der Waals surface area contributed by atoms with E-state index >= 15 is 0 Å². The normalized spacial score (nSPS) is 19.6. The van der Waals surface area contributed by atoms with Crippen LogP contribution in [0.15, 0.2) is 18.2 Å². The number of sulfonamides is 1. The summed E-state index contributed by atoms with van der Waals surface area (Å²) in [6.45, 7) is 6.57. The topological polar surface area (TPSA) is 80.5 Å². The van der Waals surface area contributed by atoms with Gasteiger partial charge in [-0.25, -0.2) is 13.6 Å². The molecule has 21 heavy (non-hydrogen) atoms. The number of hydrogen-bond donors (Lipinski definition) is 1. The smallest absolute Gasteiger partial charge is 0.227 e. The van der Waals surface area contributed by atoms with Crippen molar-refractivity contribution in [2.24, 2.45) is 11.1 Å². The summed E-state index contributed by atoms with van der Waals surface area (Å²) in [7, 11) is -3.55. The number of benzene rings is 1. The van der Waals surface area contributed by atoms with Crippen LogP contribution in [0.2, 0.25) is 0 Å². The number of aryl methyl sites for hydroxylation is 1. The first-order valence-corrected chi connectivity index (χ1v) is 8.80. The van der Waals surface area contributed by atoms with E-state index in [4.69, 9.17) is 5.14 Å². The molecule has 6 heteroatoms.